The molecule has 0 heterocycles. The van der Waals surface area contributed by atoms with E-state index in [2.05, 4.69) is 80.6 Å². The maximum Gasteiger partial charge on any atom is 0.118 e. The van der Waals surface area contributed by atoms with Gasteiger partial charge in [0.15, 0.2) is 0 Å². The zero-order valence-corrected chi connectivity index (χ0v) is 19.0. The van der Waals surface area contributed by atoms with E-state index in [0.29, 0.717) is 5.76 Å². The fraction of sp³-hybridized carbons (Fsp3) is 0.267. The number of benzene rings is 2. The van der Waals surface area contributed by atoms with Gasteiger partial charge in [-0.15, -0.1) is 0 Å². The van der Waals surface area contributed by atoms with Gasteiger partial charge in [0.2, 0.25) is 0 Å². The molecule has 0 bridgehead atoms. The normalized spacial score (nSPS) is 27.3. The molecule has 2 aromatic rings. The number of aliphatic hydroxyl groups excluding tert-OH is 2. The molecule has 0 fully saturated rings. The number of allylic oxidation sites excluding steroid dienone is 7. The first kappa shape index (κ1) is 19.6. The molecule has 3 unspecified atom stereocenters. The van der Waals surface area contributed by atoms with Crippen molar-refractivity contribution in [3.05, 3.63) is 117 Å². The summed E-state index contributed by atoms with van der Waals surface area (Å²) in [6, 6.07) is 17.4. The molecular weight excluding hydrogens is 392 g/mol. The van der Waals surface area contributed by atoms with Crippen LogP contribution in [0, 0.1) is 11.8 Å². The lowest BCUT2D eigenvalue weighted by Gasteiger charge is -2.51. The summed E-state index contributed by atoms with van der Waals surface area (Å²) in [6.07, 6.45) is 6.10. The highest BCUT2D eigenvalue weighted by Gasteiger charge is 2.57. The highest BCUT2D eigenvalue weighted by atomic mass is 16.3. The monoisotopic (exact) mass is 420 g/mol. The van der Waals surface area contributed by atoms with E-state index in [4.69, 9.17) is 0 Å². The van der Waals surface area contributed by atoms with Gasteiger partial charge >= 0.3 is 0 Å². The lowest BCUT2D eigenvalue weighted by Crippen LogP contribution is -2.47. The third kappa shape index (κ3) is 2.18. The van der Waals surface area contributed by atoms with Crippen LogP contribution in [0.25, 0.3) is 11.1 Å². The molecule has 0 radical (unpaired) electrons. The Morgan fingerprint density at radius 2 is 1.41 bits per heavy atom. The van der Waals surface area contributed by atoms with E-state index in [0.717, 1.165) is 16.7 Å². The van der Waals surface area contributed by atoms with Gasteiger partial charge in [0, 0.05) is 11.8 Å². The first-order valence-corrected chi connectivity index (χ1v) is 11.5. The minimum absolute atomic E-state index is 0.0174. The lowest BCUT2D eigenvalue weighted by atomic mass is 9.51. The van der Waals surface area contributed by atoms with Gasteiger partial charge in [-0.2, -0.15) is 0 Å². The standard InChI is InChI=1S/C30H28O2/c1-16-13-20-15-21-14-17(2)29(32)19(4)27(21)30(26(20)18(3)28(16)31)24-11-7-5-9-22(24)23-10-6-8-12-25(23)30/h5-15,18,27-28,31-32H,1-4H3. The first-order valence-electron chi connectivity index (χ1n) is 11.5. The van der Waals surface area contributed by atoms with Gasteiger partial charge in [0.05, 0.1) is 11.5 Å². The summed E-state index contributed by atoms with van der Waals surface area (Å²) in [7, 11) is 0. The van der Waals surface area contributed by atoms with E-state index in [1.807, 2.05) is 13.8 Å². The van der Waals surface area contributed by atoms with Crippen molar-refractivity contribution < 1.29 is 10.2 Å². The van der Waals surface area contributed by atoms with E-state index in [1.54, 1.807) is 0 Å². The third-order valence-corrected chi connectivity index (χ3v) is 8.16. The summed E-state index contributed by atoms with van der Waals surface area (Å²) >= 11 is 0. The van der Waals surface area contributed by atoms with Crippen LogP contribution >= 0.6 is 0 Å². The molecular formula is C30H28O2. The summed E-state index contributed by atoms with van der Waals surface area (Å²) in [5, 5.41) is 22.3. The van der Waals surface area contributed by atoms with Gasteiger partial charge in [0.25, 0.3) is 0 Å². The molecule has 0 saturated carbocycles. The summed E-state index contributed by atoms with van der Waals surface area (Å²) in [5.41, 5.74) is 11.2. The molecule has 2 N–H and O–H groups in total. The predicted molar refractivity (Wildman–Crippen MR) is 129 cm³/mol. The Labute approximate surface area is 189 Å². The van der Waals surface area contributed by atoms with Gasteiger partial charge in [-0.1, -0.05) is 73.7 Å². The van der Waals surface area contributed by atoms with E-state index in [9.17, 15) is 10.2 Å². The fourth-order valence-corrected chi connectivity index (χ4v) is 6.93. The average molecular weight is 421 g/mol. The van der Waals surface area contributed by atoms with Crippen molar-refractivity contribution >= 4 is 0 Å². The topological polar surface area (TPSA) is 40.5 Å². The van der Waals surface area contributed by atoms with E-state index in [-0.39, 0.29) is 11.8 Å². The smallest absolute Gasteiger partial charge is 0.118 e. The number of rotatable bonds is 0. The fourth-order valence-electron chi connectivity index (χ4n) is 6.93. The van der Waals surface area contributed by atoms with Crippen LogP contribution in [0.4, 0.5) is 0 Å². The number of hydrogen-bond acceptors (Lipinski definition) is 2. The van der Waals surface area contributed by atoms with E-state index < -0.39 is 11.5 Å². The second-order valence-corrected chi connectivity index (χ2v) is 9.83. The number of fused-ring (bicyclic) bond motifs is 8. The Balaban J connectivity index is 1.82. The summed E-state index contributed by atoms with van der Waals surface area (Å²) in [4.78, 5) is 0. The van der Waals surface area contributed by atoms with Crippen LogP contribution in [0.2, 0.25) is 0 Å². The average Bonchev–Trinajstić information content (AvgIpc) is 3.07. The van der Waals surface area contributed by atoms with Crippen LogP contribution in [-0.2, 0) is 5.41 Å². The summed E-state index contributed by atoms with van der Waals surface area (Å²) < 4.78 is 0. The van der Waals surface area contributed by atoms with Crippen molar-refractivity contribution in [1.29, 1.82) is 0 Å². The third-order valence-electron chi connectivity index (χ3n) is 8.16. The number of aliphatic hydroxyl groups is 2. The van der Waals surface area contributed by atoms with Gasteiger partial charge in [-0.3, -0.25) is 0 Å². The molecule has 2 aromatic carbocycles. The van der Waals surface area contributed by atoms with Crippen molar-refractivity contribution in [2.75, 3.05) is 0 Å². The van der Waals surface area contributed by atoms with Gasteiger partial charge < -0.3 is 10.2 Å². The van der Waals surface area contributed by atoms with Gasteiger partial charge in [-0.05, 0) is 76.5 Å². The van der Waals surface area contributed by atoms with Crippen LogP contribution in [0.1, 0.15) is 38.8 Å². The first-order chi connectivity index (χ1) is 15.4. The Morgan fingerprint density at radius 1 is 0.812 bits per heavy atom. The second kappa shape index (κ2) is 6.46. The van der Waals surface area contributed by atoms with Crippen molar-refractivity contribution in [2.24, 2.45) is 11.8 Å². The highest BCUT2D eigenvalue weighted by molar-refractivity contribution is 5.86. The maximum absolute atomic E-state index is 11.2. The summed E-state index contributed by atoms with van der Waals surface area (Å²) in [5.74, 6) is 0.346. The molecule has 32 heavy (non-hydrogen) atoms. The molecule has 0 aromatic heterocycles. The van der Waals surface area contributed by atoms with Crippen LogP contribution in [0.3, 0.4) is 0 Å². The maximum atomic E-state index is 11.2. The summed E-state index contributed by atoms with van der Waals surface area (Å²) in [6.45, 7) is 8.24. The van der Waals surface area contributed by atoms with Crippen molar-refractivity contribution in [3.8, 4) is 11.1 Å². The quantitative estimate of drug-likeness (QED) is 0.507. The molecule has 0 amide bonds. The molecule has 0 aliphatic heterocycles. The molecule has 3 atom stereocenters. The van der Waals surface area contributed by atoms with Crippen LogP contribution in [0.15, 0.2) is 106 Å². The van der Waals surface area contributed by atoms with Gasteiger partial charge in [-0.25, -0.2) is 0 Å². The molecule has 4 aliphatic carbocycles. The Morgan fingerprint density at radius 3 is 2.03 bits per heavy atom. The second-order valence-electron chi connectivity index (χ2n) is 9.83. The van der Waals surface area contributed by atoms with Crippen molar-refractivity contribution in [3.63, 3.8) is 0 Å². The Bertz CT molecular complexity index is 1300. The SMILES string of the molecule is CC1=CC2=CC3=C(C(C)C(O)C(C)=C3)C3(c4ccccc4-c4ccccc43)C2C(C)=C1O. The minimum atomic E-state index is -0.515. The molecule has 6 rings (SSSR count). The van der Waals surface area contributed by atoms with Gasteiger partial charge in [0.1, 0.15) is 5.76 Å². The predicted octanol–water partition coefficient (Wildman–Crippen LogP) is 6.55. The minimum Gasteiger partial charge on any atom is -0.508 e. The van der Waals surface area contributed by atoms with E-state index in [1.165, 1.54) is 39.0 Å². The molecule has 2 nitrogen and oxygen atoms in total. The van der Waals surface area contributed by atoms with Crippen molar-refractivity contribution in [2.45, 2.75) is 39.2 Å². The van der Waals surface area contributed by atoms with Crippen molar-refractivity contribution in [1.82, 2.24) is 0 Å². The highest BCUT2D eigenvalue weighted by Crippen LogP contribution is 2.65. The van der Waals surface area contributed by atoms with Crippen LogP contribution in [0.5, 0.6) is 0 Å². The zero-order chi connectivity index (χ0) is 22.4. The number of hydrogen-bond donors (Lipinski definition) is 2. The zero-order valence-electron chi connectivity index (χ0n) is 19.0. The molecule has 2 heteroatoms. The lowest BCUT2D eigenvalue weighted by molar-refractivity contribution is 0.155. The molecule has 4 aliphatic rings. The largest absolute Gasteiger partial charge is 0.508 e. The molecule has 160 valence electrons. The van der Waals surface area contributed by atoms with E-state index >= 15 is 0 Å². The Kier molecular flexibility index (Phi) is 3.95. The van der Waals surface area contributed by atoms with Crippen LogP contribution in [-0.4, -0.2) is 16.3 Å². The molecule has 1 spiro atoms. The van der Waals surface area contributed by atoms with Crippen LogP contribution < -0.4 is 0 Å². The molecule has 0 saturated heterocycles. The Hall–Kier alpha value is -3.10.